The van der Waals surface area contributed by atoms with Crippen molar-refractivity contribution in [3.8, 4) is 5.75 Å². The van der Waals surface area contributed by atoms with E-state index in [0.717, 1.165) is 11.1 Å². The summed E-state index contributed by atoms with van der Waals surface area (Å²) in [6.45, 7) is 3.72. The van der Waals surface area contributed by atoms with Crippen LogP contribution < -0.4 is 4.74 Å². The molecule has 0 aromatic heterocycles. The number of hydrogen-bond donors (Lipinski definition) is 1. The number of carbonyl (C=O) groups is 1. The summed E-state index contributed by atoms with van der Waals surface area (Å²) in [7, 11) is 1.33. The number of rotatable bonds is 6. The molecule has 1 rings (SSSR count). The second-order valence-electron chi connectivity index (χ2n) is 4.30. The average molecular weight is 307 g/mol. The average Bonchev–Trinajstić information content (AvgIpc) is 2.20. The summed E-state index contributed by atoms with van der Waals surface area (Å²) in [5.41, 5.74) is 1.87. The van der Waals surface area contributed by atoms with E-state index in [1.54, 1.807) is 12.1 Å². The van der Waals surface area contributed by atoms with Crippen molar-refractivity contribution in [1.82, 2.24) is 0 Å². The third-order valence-electron chi connectivity index (χ3n) is 2.37. The SMILES string of the molecule is Cc1cc(C)cc(OC(CCS(=O)(=O)Cl)C(=O)O)c1. The Morgan fingerprint density at radius 3 is 2.26 bits per heavy atom. The topological polar surface area (TPSA) is 80.7 Å². The van der Waals surface area contributed by atoms with Crippen LogP contribution >= 0.6 is 10.7 Å². The minimum atomic E-state index is -3.73. The van der Waals surface area contributed by atoms with Crippen molar-refractivity contribution in [3.05, 3.63) is 29.3 Å². The van der Waals surface area contributed by atoms with Gasteiger partial charge in [-0.1, -0.05) is 6.07 Å². The first-order chi connectivity index (χ1) is 8.67. The molecule has 1 atom stereocenters. The van der Waals surface area contributed by atoms with Crippen LogP contribution in [0.4, 0.5) is 0 Å². The van der Waals surface area contributed by atoms with E-state index < -0.39 is 26.9 Å². The molecule has 1 N–H and O–H groups in total. The Morgan fingerprint density at radius 1 is 1.32 bits per heavy atom. The molecule has 0 amide bonds. The molecular formula is C12H15ClO5S. The smallest absolute Gasteiger partial charge is 0.344 e. The van der Waals surface area contributed by atoms with Crippen molar-refractivity contribution < 1.29 is 23.1 Å². The maximum Gasteiger partial charge on any atom is 0.344 e. The van der Waals surface area contributed by atoms with E-state index in [2.05, 4.69) is 0 Å². The zero-order valence-corrected chi connectivity index (χ0v) is 12.2. The Hall–Kier alpha value is -1.27. The maximum absolute atomic E-state index is 11.0. The van der Waals surface area contributed by atoms with Crippen LogP contribution in [0.1, 0.15) is 17.5 Å². The van der Waals surface area contributed by atoms with E-state index in [1.165, 1.54) is 0 Å². The Labute approximate surface area is 116 Å². The number of aliphatic carboxylic acids is 1. The lowest BCUT2D eigenvalue weighted by atomic mass is 10.1. The summed E-state index contributed by atoms with van der Waals surface area (Å²) in [6.07, 6.45) is -1.44. The zero-order chi connectivity index (χ0) is 14.6. The van der Waals surface area contributed by atoms with Gasteiger partial charge in [-0.3, -0.25) is 0 Å². The highest BCUT2D eigenvalue weighted by molar-refractivity contribution is 8.13. The molecule has 1 aromatic carbocycles. The largest absolute Gasteiger partial charge is 0.479 e. The fourth-order valence-electron chi connectivity index (χ4n) is 1.65. The molecule has 0 bridgehead atoms. The van der Waals surface area contributed by atoms with E-state index >= 15 is 0 Å². The molecule has 7 heteroatoms. The van der Waals surface area contributed by atoms with E-state index in [1.807, 2.05) is 19.9 Å². The van der Waals surface area contributed by atoms with Crippen LogP contribution in [0.3, 0.4) is 0 Å². The molecule has 0 aliphatic carbocycles. The fraction of sp³-hybridized carbons (Fsp3) is 0.417. The summed E-state index contributed by atoms with van der Waals surface area (Å²) in [5, 5.41) is 9.01. The minimum Gasteiger partial charge on any atom is -0.479 e. The first-order valence-corrected chi connectivity index (χ1v) is 8.05. The Balaban J connectivity index is 2.81. The molecule has 1 unspecified atom stereocenters. The molecule has 19 heavy (non-hydrogen) atoms. The van der Waals surface area contributed by atoms with Gasteiger partial charge < -0.3 is 9.84 Å². The van der Waals surface area contributed by atoms with Gasteiger partial charge in [0.05, 0.1) is 5.75 Å². The number of ether oxygens (including phenoxy) is 1. The summed E-state index contributed by atoms with van der Waals surface area (Å²) in [5.74, 6) is -1.27. The van der Waals surface area contributed by atoms with Gasteiger partial charge in [0, 0.05) is 17.1 Å². The van der Waals surface area contributed by atoms with Crippen molar-refractivity contribution in [1.29, 1.82) is 0 Å². The molecule has 0 saturated carbocycles. The summed E-state index contributed by atoms with van der Waals surface area (Å²) in [4.78, 5) is 11.0. The van der Waals surface area contributed by atoms with Crippen molar-refractivity contribution in [3.63, 3.8) is 0 Å². The van der Waals surface area contributed by atoms with Gasteiger partial charge in [0.15, 0.2) is 6.10 Å². The van der Waals surface area contributed by atoms with Crippen LogP contribution in [0.15, 0.2) is 18.2 Å². The van der Waals surface area contributed by atoms with Gasteiger partial charge in [0.2, 0.25) is 9.05 Å². The van der Waals surface area contributed by atoms with Crippen LogP contribution in [0, 0.1) is 13.8 Å². The predicted octanol–water partition coefficient (Wildman–Crippen LogP) is 2.09. The van der Waals surface area contributed by atoms with Crippen molar-refractivity contribution >= 4 is 25.7 Å². The fourth-order valence-corrected chi connectivity index (χ4v) is 2.41. The number of hydrogen-bond acceptors (Lipinski definition) is 4. The highest BCUT2D eigenvalue weighted by Gasteiger charge is 2.22. The standard InChI is InChI=1S/C12H15ClO5S/c1-8-5-9(2)7-10(6-8)18-11(12(14)15)3-4-19(13,16)17/h5-7,11H,3-4H2,1-2H3,(H,14,15). The van der Waals surface area contributed by atoms with E-state index in [4.69, 9.17) is 20.5 Å². The molecule has 0 heterocycles. The van der Waals surface area contributed by atoms with Crippen LogP contribution in [-0.4, -0.2) is 31.4 Å². The van der Waals surface area contributed by atoms with Crippen molar-refractivity contribution in [2.24, 2.45) is 0 Å². The Morgan fingerprint density at radius 2 is 1.84 bits per heavy atom. The molecule has 1 aromatic rings. The van der Waals surface area contributed by atoms with Crippen molar-refractivity contribution in [2.75, 3.05) is 5.75 Å². The molecule has 0 aliphatic heterocycles. The number of halogens is 1. The lowest BCUT2D eigenvalue weighted by Gasteiger charge is -2.15. The highest BCUT2D eigenvalue weighted by atomic mass is 35.7. The van der Waals surface area contributed by atoms with Gasteiger partial charge in [-0.15, -0.1) is 0 Å². The number of aryl methyl sites for hydroxylation is 2. The molecule has 0 fully saturated rings. The number of benzene rings is 1. The number of carboxylic acid groups (broad SMARTS) is 1. The minimum absolute atomic E-state index is 0.200. The molecule has 0 radical (unpaired) electrons. The van der Waals surface area contributed by atoms with Crippen molar-refractivity contribution in [2.45, 2.75) is 26.4 Å². The summed E-state index contributed by atoms with van der Waals surface area (Å²) in [6, 6.07) is 5.31. The van der Waals surface area contributed by atoms with E-state index in [9.17, 15) is 13.2 Å². The first-order valence-electron chi connectivity index (χ1n) is 5.57. The van der Waals surface area contributed by atoms with E-state index in [0.29, 0.717) is 5.75 Å². The monoisotopic (exact) mass is 306 g/mol. The molecule has 106 valence electrons. The predicted molar refractivity (Wildman–Crippen MR) is 72.2 cm³/mol. The third-order valence-corrected chi connectivity index (χ3v) is 3.56. The van der Waals surface area contributed by atoms with Gasteiger partial charge in [0.1, 0.15) is 5.75 Å². The molecule has 0 aliphatic rings. The summed E-state index contributed by atoms with van der Waals surface area (Å²) >= 11 is 0. The quantitative estimate of drug-likeness (QED) is 0.814. The van der Waals surface area contributed by atoms with Gasteiger partial charge in [-0.25, -0.2) is 13.2 Å². The normalized spacial score (nSPS) is 13.0. The zero-order valence-electron chi connectivity index (χ0n) is 10.6. The Bertz CT molecular complexity index is 547. The number of carboxylic acids is 1. The first kappa shape index (κ1) is 15.8. The van der Waals surface area contributed by atoms with Crippen LogP contribution in [0.25, 0.3) is 0 Å². The van der Waals surface area contributed by atoms with Crippen LogP contribution in [-0.2, 0) is 13.8 Å². The lowest BCUT2D eigenvalue weighted by Crippen LogP contribution is -2.29. The van der Waals surface area contributed by atoms with Gasteiger partial charge in [-0.2, -0.15) is 0 Å². The molecule has 5 nitrogen and oxygen atoms in total. The third kappa shape index (κ3) is 5.94. The molecule has 0 saturated heterocycles. The van der Waals surface area contributed by atoms with E-state index in [-0.39, 0.29) is 6.42 Å². The van der Waals surface area contributed by atoms with Gasteiger partial charge in [-0.05, 0) is 37.1 Å². The second kappa shape index (κ2) is 6.25. The van der Waals surface area contributed by atoms with Crippen LogP contribution in [0.2, 0.25) is 0 Å². The Kier molecular flexibility index (Phi) is 5.20. The molecular weight excluding hydrogens is 292 g/mol. The maximum atomic E-state index is 11.0. The van der Waals surface area contributed by atoms with Crippen LogP contribution in [0.5, 0.6) is 5.75 Å². The van der Waals surface area contributed by atoms with Gasteiger partial charge in [0.25, 0.3) is 0 Å². The second-order valence-corrected chi connectivity index (χ2v) is 7.20. The lowest BCUT2D eigenvalue weighted by molar-refractivity contribution is -0.145. The highest BCUT2D eigenvalue weighted by Crippen LogP contribution is 2.19. The van der Waals surface area contributed by atoms with Gasteiger partial charge >= 0.3 is 5.97 Å². The summed E-state index contributed by atoms with van der Waals surface area (Å²) < 4.78 is 27.0. The molecule has 0 spiro atoms.